The van der Waals surface area contributed by atoms with E-state index in [-0.39, 0.29) is 0 Å². The molecule has 1 unspecified atom stereocenters. The molecule has 0 saturated carbocycles. The molecule has 2 N–H and O–H groups in total. The van der Waals surface area contributed by atoms with E-state index in [9.17, 15) is 0 Å². The lowest BCUT2D eigenvalue weighted by molar-refractivity contribution is 0.375. The van der Waals surface area contributed by atoms with Gasteiger partial charge in [0.15, 0.2) is 5.82 Å². The van der Waals surface area contributed by atoms with Crippen LogP contribution >= 0.6 is 0 Å². The third-order valence-corrected chi connectivity index (χ3v) is 4.08. The third kappa shape index (κ3) is 2.06. The van der Waals surface area contributed by atoms with E-state index in [1.54, 1.807) is 0 Å². The highest BCUT2D eigenvalue weighted by Crippen LogP contribution is 2.29. The molecule has 1 aromatic carbocycles. The summed E-state index contributed by atoms with van der Waals surface area (Å²) in [4.78, 5) is 0. The molecule has 0 bridgehead atoms. The van der Waals surface area contributed by atoms with E-state index in [0.29, 0.717) is 5.92 Å². The summed E-state index contributed by atoms with van der Waals surface area (Å²) in [6.45, 7) is 5.95. The minimum absolute atomic E-state index is 0.548. The van der Waals surface area contributed by atoms with Gasteiger partial charge in [-0.25, -0.2) is 0 Å². The highest BCUT2D eigenvalue weighted by Gasteiger charge is 2.23. The molecule has 0 amide bonds. The van der Waals surface area contributed by atoms with Gasteiger partial charge in [-0.3, -0.25) is 0 Å². The van der Waals surface area contributed by atoms with Crippen molar-refractivity contribution in [2.75, 3.05) is 6.54 Å². The lowest BCUT2D eigenvalue weighted by Gasteiger charge is -2.23. The van der Waals surface area contributed by atoms with Gasteiger partial charge in [0.05, 0.1) is 0 Å². The number of aryl methyl sites for hydroxylation is 3. The summed E-state index contributed by atoms with van der Waals surface area (Å²) in [5.41, 5.74) is 9.55. The van der Waals surface area contributed by atoms with Crippen LogP contribution in [-0.2, 0) is 13.0 Å². The lowest BCUT2D eigenvalue weighted by Crippen LogP contribution is -2.27. The zero-order chi connectivity index (χ0) is 13.4. The predicted molar refractivity (Wildman–Crippen MR) is 75.8 cm³/mol. The number of nitrogens with two attached hydrogens (primary N) is 1. The molecule has 2 heterocycles. The molecule has 3 rings (SSSR count). The van der Waals surface area contributed by atoms with E-state index in [2.05, 4.69) is 46.8 Å². The van der Waals surface area contributed by atoms with Gasteiger partial charge in [0.25, 0.3) is 0 Å². The Morgan fingerprint density at radius 2 is 2.00 bits per heavy atom. The number of fused-ring (bicyclic) bond motifs is 1. The summed E-state index contributed by atoms with van der Waals surface area (Å²) >= 11 is 0. The van der Waals surface area contributed by atoms with E-state index >= 15 is 0 Å². The second-order valence-corrected chi connectivity index (χ2v) is 5.46. The Kier molecular flexibility index (Phi) is 3.11. The average molecular weight is 256 g/mol. The van der Waals surface area contributed by atoms with Crippen LogP contribution in [-0.4, -0.2) is 21.3 Å². The van der Waals surface area contributed by atoms with E-state index in [1.807, 2.05) is 0 Å². The number of aromatic nitrogens is 3. The first kappa shape index (κ1) is 12.4. The van der Waals surface area contributed by atoms with Gasteiger partial charge in [-0.15, -0.1) is 10.2 Å². The molecule has 0 radical (unpaired) electrons. The third-order valence-electron chi connectivity index (χ3n) is 4.08. The SMILES string of the molecule is Cc1cccc(C)c1-c1nnc2n1CC(CN)CC2. The van der Waals surface area contributed by atoms with Crippen LogP contribution in [0.25, 0.3) is 11.4 Å². The van der Waals surface area contributed by atoms with Gasteiger partial charge in [0, 0.05) is 18.5 Å². The molecule has 100 valence electrons. The number of hydrogen-bond acceptors (Lipinski definition) is 3. The zero-order valence-corrected chi connectivity index (χ0v) is 11.6. The Hall–Kier alpha value is -1.68. The topological polar surface area (TPSA) is 56.7 Å². The lowest BCUT2D eigenvalue weighted by atomic mass is 9.98. The van der Waals surface area contributed by atoms with Crippen molar-refractivity contribution in [1.29, 1.82) is 0 Å². The van der Waals surface area contributed by atoms with Crippen LogP contribution in [0, 0.1) is 19.8 Å². The van der Waals surface area contributed by atoms with Crippen LogP contribution < -0.4 is 5.73 Å². The largest absolute Gasteiger partial charge is 0.330 e. The molecule has 0 saturated heterocycles. The van der Waals surface area contributed by atoms with Crippen molar-refractivity contribution in [2.24, 2.45) is 11.7 Å². The minimum atomic E-state index is 0.548. The Morgan fingerprint density at radius 1 is 1.26 bits per heavy atom. The maximum Gasteiger partial charge on any atom is 0.164 e. The van der Waals surface area contributed by atoms with Crippen molar-refractivity contribution in [2.45, 2.75) is 33.2 Å². The van der Waals surface area contributed by atoms with Gasteiger partial charge in [-0.05, 0) is 43.9 Å². The quantitative estimate of drug-likeness (QED) is 0.895. The van der Waals surface area contributed by atoms with Gasteiger partial charge >= 0.3 is 0 Å². The second kappa shape index (κ2) is 4.78. The fourth-order valence-corrected chi connectivity index (χ4v) is 2.94. The average Bonchev–Trinajstić information content (AvgIpc) is 2.81. The van der Waals surface area contributed by atoms with Gasteiger partial charge in [-0.2, -0.15) is 0 Å². The monoisotopic (exact) mass is 256 g/mol. The van der Waals surface area contributed by atoms with Crippen molar-refractivity contribution in [3.63, 3.8) is 0 Å². The highest BCUT2D eigenvalue weighted by molar-refractivity contribution is 5.64. The van der Waals surface area contributed by atoms with Crippen molar-refractivity contribution in [3.05, 3.63) is 35.2 Å². The summed E-state index contributed by atoms with van der Waals surface area (Å²) in [5.74, 6) is 2.65. The summed E-state index contributed by atoms with van der Waals surface area (Å²) in [6, 6.07) is 6.35. The first-order chi connectivity index (χ1) is 9.20. The van der Waals surface area contributed by atoms with Gasteiger partial charge in [0.1, 0.15) is 5.82 Å². The molecule has 4 nitrogen and oxygen atoms in total. The smallest absolute Gasteiger partial charge is 0.164 e. The van der Waals surface area contributed by atoms with Crippen LogP contribution in [0.5, 0.6) is 0 Å². The molecule has 19 heavy (non-hydrogen) atoms. The van der Waals surface area contributed by atoms with Crippen molar-refractivity contribution >= 4 is 0 Å². The van der Waals surface area contributed by atoms with E-state index in [0.717, 1.165) is 37.6 Å². The van der Waals surface area contributed by atoms with E-state index < -0.39 is 0 Å². The van der Waals surface area contributed by atoms with E-state index in [1.165, 1.54) is 16.7 Å². The van der Waals surface area contributed by atoms with Crippen LogP contribution in [0.3, 0.4) is 0 Å². The molecular formula is C15H20N4. The normalized spacial score (nSPS) is 18.4. The van der Waals surface area contributed by atoms with Gasteiger partial charge in [0.2, 0.25) is 0 Å². The summed E-state index contributed by atoms with van der Waals surface area (Å²) in [6.07, 6.45) is 2.11. The Balaban J connectivity index is 2.10. The maximum atomic E-state index is 5.82. The molecule has 1 aliphatic rings. The number of hydrogen-bond donors (Lipinski definition) is 1. The molecule has 1 aromatic heterocycles. The van der Waals surface area contributed by atoms with Gasteiger partial charge in [-0.1, -0.05) is 18.2 Å². The van der Waals surface area contributed by atoms with Crippen LogP contribution in [0.2, 0.25) is 0 Å². The maximum absolute atomic E-state index is 5.82. The number of rotatable bonds is 2. The molecule has 0 spiro atoms. The molecule has 2 aromatic rings. The van der Waals surface area contributed by atoms with Crippen LogP contribution in [0.4, 0.5) is 0 Å². The van der Waals surface area contributed by atoms with Gasteiger partial charge < -0.3 is 10.3 Å². The highest BCUT2D eigenvalue weighted by atomic mass is 15.3. The van der Waals surface area contributed by atoms with E-state index in [4.69, 9.17) is 5.73 Å². The first-order valence-electron chi connectivity index (χ1n) is 6.89. The van der Waals surface area contributed by atoms with Crippen LogP contribution in [0.1, 0.15) is 23.4 Å². The Labute approximate surface area is 113 Å². The molecule has 0 fully saturated rings. The fourth-order valence-electron chi connectivity index (χ4n) is 2.94. The zero-order valence-electron chi connectivity index (χ0n) is 11.6. The summed E-state index contributed by atoms with van der Waals surface area (Å²) in [5, 5.41) is 8.79. The molecule has 1 aliphatic heterocycles. The van der Waals surface area contributed by atoms with Crippen LogP contribution in [0.15, 0.2) is 18.2 Å². The Bertz CT molecular complexity index is 580. The molecule has 0 aliphatic carbocycles. The molecular weight excluding hydrogens is 236 g/mol. The summed E-state index contributed by atoms with van der Waals surface area (Å²) < 4.78 is 2.26. The number of benzene rings is 1. The minimum Gasteiger partial charge on any atom is -0.330 e. The molecule has 4 heteroatoms. The predicted octanol–water partition coefficient (Wildman–Crippen LogP) is 2.08. The molecule has 1 atom stereocenters. The fraction of sp³-hybridized carbons (Fsp3) is 0.467. The first-order valence-corrected chi connectivity index (χ1v) is 6.89. The van der Waals surface area contributed by atoms with Crippen molar-refractivity contribution < 1.29 is 0 Å². The summed E-state index contributed by atoms with van der Waals surface area (Å²) in [7, 11) is 0. The Morgan fingerprint density at radius 3 is 2.68 bits per heavy atom. The number of nitrogens with zero attached hydrogens (tertiary/aromatic N) is 3. The van der Waals surface area contributed by atoms with Crippen molar-refractivity contribution in [3.8, 4) is 11.4 Å². The standard InChI is InChI=1S/C15H20N4/c1-10-4-3-5-11(2)14(10)15-18-17-13-7-6-12(8-16)9-19(13)15/h3-5,12H,6-9,16H2,1-2H3. The second-order valence-electron chi connectivity index (χ2n) is 5.46. The van der Waals surface area contributed by atoms with Crippen molar-refractivity contribution in [1.82, 2.24) is 14.8 Å².